The summed E-state index contributed by atoms with van der Waals surface area (Å²) in [7, 11) is 1.95. The number of hydrogen-bond acceptors (Lipinski definition) is 3. The van der Waals surface area contributed by atoms with Gasteiger partial charge in [-0.2, -0.15) is 0 Å². The fraction of sp³-hybridized carbons (Fsp3) is 0.773. The van der Waals surface area contributed by atoms with Gasteiger partial charge in [0.25, 0.3) is 5.91 Å². The minimum atomic E-state index is 0.187. The second kappa shape index (κ2) is 6.93. The van der Waals surface area contributed by atoms with Gasteiger partial charge < -0.3 is 14.2 Å². The molecule has 1 amide bonds. The van der Waals surface area contributed by atoms with Crippen molar-refractivity contribution in [1.29, 1.82) is 0 Å². The topological polar surface area (TPSA) is 37.7 Å². The number of piperidine rings is 1. The van der Waals surface area contributed by atoms with Crippen molar-refractivity contribution in [3.8, 4) is 0 Å². The molecule has 5 nitrogen and oxygen atoms in total. The van der Waals surface area contributed by atoms with Gasteiger partial charge in [0.15, 0.2) is 0 Å². The lowest BCUT2D eigenvalue weighted by Gasteiger charge is -2.59. The standard InChI is InChI=1S/C22H33N3O2/c1-23-9-2-3-20(23)21(26)24-15-22(16-24)11-19(14-27-13-18-6-7-18)8-10-25(22)12-17-4-5-17/h2-3,9,17-19H,4-8,10-16H2,1H3/t19-/m1/s1. The SMILES string of the molecule is Cn1cccc1C(=O)N1CC2(C[C@H](COCC3CC3)CCN2CC2CC2)C1. The molecule has 148 valence electrons. The number of nitrogens with zero attached hydrogens (tertiary/aromatic N) is 3. The normalized spacial score (nSPS) is 27.7. The van der Waals surface area contributed by atoms with Gasteiger partial charge >= 0.3 is 0 Å². The van der Waals surface area contributed by atoms with E-state index in [9.17, 15) is 4.79 Å². The number of carbonyl (C=O) groups excluding carboxylic acids is 1. The summed E-state index contributed by atoms with van der Waals surface area (Å²) in [5.74, 6) is 2.59. The van der Waals surface area contributed by atoms with Gasteiger partial charge in [0, 0.05) is 46.1 Å². The van der Waals surface area contributed by atoms with Gasteiger partial charge in [0.05, 0.1) is 5.54 Å². The van der Waals surface area contributed by atoms with E-state index >= 15 is 0 Å². The zero-order valence-corrected chi connectivity index (χ0v) is 16.6. The van der Waals surface area contributed by atoms with Crippen molar-refractivity contribution in [2.75, 3.05) is 39.4 Å². The van der Waals surface area contributed by atoms with Gasteiger partial charge in [-0.05, 0) is 75.0 Å². The lowest BCUT2D eigenvalue weighted by Crippen LogP contribution is -2.73. The summed E-state index contributed by atoms with van der Waals surface area (Å²) in [5, 5.41) is 0. The third-order valence-electron chi connectivity index (χ3n) is 7.15. The van der Waals surface area contributed by atoms with Crippen molar-refractivity contribution in [3.05, 3.63) is 24.0 Å². The van der Waals surface area contributed by atoms with Crippen LogP contribution in [0.1, 0.15) is 49.0 Å². The van der Waals surface area contributed by atoms with E-state index in [2.05, 4.69) is 9.80 Å². The Hall–Kier alpha value is -1.33. The first-order valence-electron chi connectivity index (χ1n) is 10.9. The highest BCUT2D eigenvalue weighted by Gasteiger charge is 2.53. The van der Waals surface area contributed by atoms with E-state index in [1.807, 2.05) is 29.9 Å². The Bertz CT molecular complexity index is 685. The summed E-state index contributed by atoms with van der Waals surface area (Å²) in [6.07, 6.45) is 9.92. The van der Waals surface area contributed by atoms with Gasteiger partial charge in [-0.3, -0.25) is 9.69 Å². The highest BCUT2D eigenvalue weighted by atomic mass is 16.5. The predicted octanol–water partition coefficient (Wildman–Crippen LogP) is 2.77. The van der Waals surface area contributed by atoms with Crippen LogP contribution in [0.3, 0.4) is 0 Å². The Balaban J connectivity index is 1.22. The molecule has 2 saturated carbocycles. The lowest BCUT2D eigenvalue weighted by atomic mass is 9.74. The highest BCUT2D eigenvalue weighted by Crippen LogP contribution is 2.42. The van der Waals surface area contributed by atoms with Crippen LogP contribution < -0.4 is 0 Å². The second-order valence-corrected chi connectivity index (χ2v) is 9.62. The van der Waals surface area contributed by atoms with E-state index in [1.54, 1.807) is 0 Å². The summed E-state index contributed by atoms with van der Waals surface area (Å²) < 4.78 is 7.97. The molecule has 4 aliphatic rings. The van der Waals surface area contributed by atoms with Gasteiger partial charge in [-0.1, -0.05) is 0 Å². The number of carbonyl (C=O) groups is 1. The summed E-state index contributed by atoms with van der Waals surface area (Å²) >= 11 is 0. The van der Waals surface area contributed by atoms with E-state index < -0.39 is 0 Å². The zero-order chi connectivity index (χ0) is 18.4. The largest absolute Gasteiger partial charge is 0.381 e. The van der Waals surface area contributed by atoms with Crippen LogP contribution in [0.2, 0.25) is 0 Å². The molecule has 0 radical (unpaired) electrons. The Labute approximate surface area is 162 Å². The van der Waals surface area contributed by atoms with Crippen LogP contribution >= 0.6 is 0 Å². The van der Waals surface area contributed by atoms with Crippen molar-refractivity contribution in [2.45, 2.75) is 44.1 Å². The lowest BCUT2D eigenvalue weighted by molar-refractivity contribution is -0.0897. The number of likely N-dealkylation sites (tertiary alicyclic amines) is 2. The minimum absolute atomic E-state index is 0.187. The van der Waals surface area contributed by atoms with Gasteiger partial charge in [0.1, 0.15) is 5.69 Å². The van der Waals surface area contributed by atoms with Crippen LogP contribution in [-0.2, 0) is 11.8 Å². The first-order chi connectivity index (χ1) is 13.1. The second-order valence-electron chi connectivity index (χ2n) is 9.62. The van der Waals surface area contributed by atoms with Crippen LogP contribution in [-0.4, -0.2) is 65.2 Å². The molecule has 2 aliphatic carbocycles. The van der Waals surface area contributed by atoms with E-state index in [-0.39, 0.29) is 11.4 Å². The van der Waals surface area contributed by atoms with Crippen molar-refractivity contribution >= 4 is 5.91 Å². The molecule has 0 aromatic carbocycles. The molecule has 3 heterocycles. The number of hydrogen-bond donors (Lipinski definition) is 0. The monoisotopic (exact) mass is 371 g/mol. The summed E-state index contributed by atoms with van der Waals surface area (Å²) in [6.45, 7) is 6.09. The summed E-state index contributed by atoms with van der Waals surface area (Å²) in [5.41, 5.74) is 1.01. The number of rotatable bonds is 7. The third kappa shape index (κ3) is 3.68. The van der Waals surface area contributed by atoms with Crippen molar-refractivity contribution < 1.29 is 9.53 Å². The van der Waals surface area contributed by atoms with Crippen LogP contribution in [0.4, 0.5) is 0 Å². The molecule has 1 spiro atoms. The Morgan fingerprint density at radius 3 is 2.52 bits per heavy atom. The summed E-state index contributed by atoms with van der Waals surface area (Å²) in [4.78, 5) is 17.7. The van der Waals surface area contributed by atoms with Crippen LogP contribution in [0.15, 0.2) is 18.3 Å². The zero-order valence-electron chi connectivity index (χ0n) is 16.6. The molecular formula is C22H33N3O2. The first-order valence-corrected chi connectivity index (χ1v) is 10.9. The fourth-order valence-electron chi connectivity index (χ4n) is 5.05. The molecule has 1 aromatic heterocycles. The van der Waals surface area contributed by atoms with Crippen LogP contribution in [0.5, 0.6) is 0 Å². The van der Waals surface area contributed by atoms with Crippen molar-refractivity contribution in [2.24, 2.45) is 24.8 Å². The van der Waals surface area contributed by atoms with E-state index in [4.69, 9.17) is 4.74 Å². The smallest absolute Gasteiger partial charge is 0.270 e. The Morgan fingerprint density at radius 2 is 1.85 bits per heavy atom. The van der Waals surface area contributed by atoms with E-state index in [0.717, 1.165) is 43.8 Å². The quantitative estimate of drug-likeness (QED) is 0.740. The molecule has 0 N–H and O–H groups in total. The number of aryl methyl sites for hydroxylation is 1. The Morgan fingerprint density at radius 1 is 1.11 bits per heavy atom. The molecule has 2 aliphatic heterocycles. The number of aromatic nitrogens is 1. The predicted molar refractivity (Wildman–Crippen MR) is 105 cm³/mol. The molecular weight excluding hydrogens is 338 g/mol. The maximum absolute atomic E-state index is 12.9. The van der Waals surface area contributed by atoms with Crippen LogP contribution in [0, 0.1) is 17.8 Å². The third-order valence-corrected chi connectivity index (χ3v) is 7.15. The van der Waals surface area contributed by atoms with Crippen LogP contribution in [0.25, 0.3) is 0 Å². The van der Waals surface area contributed by atoms with E-state index in [0.29, 0.717) is 5.92 Å². The molecule has 5 heteroatoms. The summed E-state index contributed by atoms with van der Waals surface area (Å²) in [6, 6.07) is 3.89. The molecule has 1 atom stereocenters. The van der Waals surface area contributed by atoms with Crippen molar-refractivity contribution in [3.63, 3.8) is 0 Å². The number of amides is 1. The highest BCUT2D eigenvalue weighted by molar-refractivity contribution is 5.93. The number of ether oxygens (including phenoxy) is 1. The Kier molecular flexibility index (Phi) is 4.55. The molecule has 4 fully saturated rings. The van der Waals surface area contributed by atoms with Crippen molar-refractivity contribution in [1.82, 2.24) is 14.4 Å². The molecule has 27 heavy (non-hydrogen) atoms. The first kappa shape index (κ1) is 17.7. The average molecular weight is 372 g/mol. The molecule has 2 saturated heterocycles. The molecule has 0 unspecified atom stereocenters. The van der Waals surface area contributed by atoms with E-state index in [1.165, 1.54) is 51.6 Å². The fourth-order valence-corrected chi connectivity index (χ4v) is 5.05. The maximum Gasteiger partial charge on any atom is 0.270 e. The molecule has 1 aromatic rings. The molecule has 5 rings (SSSR count). The van der Waals surface area contributed by atoms with Gasteiger partial charge in [-0.25, -0.2) is 0 Å². The maximum atomic E-state index is 12.9. The van der Waals surface area contributed by atoms with Gasteiger partial charge in [0.2, 0.25) is 0 Å². The molecule has 0 bridgehead atoms. The average Bonchev–Trinajstić information content (AvgIpc) is 3.55. The van der Waals surface area contributed by atoms with Gasteiger partial charge in [-0.15, -0.1) is 0 Å². The minimum Gasteiger partial charge on any atom is -0.381 e.